The number of benzene rings is 1. The smallest absolute Gasteiger partial charge is 0.294 e. The van der Waals surface area contributed by atoms with Gasteiger partial charge in [-0.25, -0.2) is 4.98 Å². The molecule has 25 heavy (non-hydrogen) atoms. The van der Waals surface area contributed by atoms with E-state index in [0.29, 0.717) is 11.5 Å². The summed E-state index contributed by atoms with van der Waals surface area (Å²) >= 11 is 0. The van der Waals surface area contributed by atoms with E-state index in [4.69, 9.17) is 0 Å². The van der Waals surface area contributed by atoms with E-state index in [-0.39, 0.29) is 17.9 Å². The molecule has 0 atom stereocenters. The zero-order valence-corrected chi connectivity index (χ0v) is 14.4. The molecule has 0 bridgehead atoms. The molecule has 1 aliphatic heterocycles. The molecule has 6 heteroatoms. The third-order valence-corrected chi connectivity index (χ3v) is 4.88. The van der Waals surface area contributed by atoms with Crippen molar-refractivity contribution in [2.24, 2.45) is 0 Å². The number of hydrogen-bond acceptors (Lipinski definition) is 3. The van der Waals surface area contributed by atoms with Crippen molar-refractivity contribution in [3.05, 3.63) is 47.5 Å². The number of aromatic nitrogens is 2. The number of para-hydroxylation sites is 1. The number of carbonyl (C=O) groups is 2. The van der Waals surface area contributed by atoms with Crippen LogP contribution in [-0.2, 0) is 13.0 Å². The Morgan fingerprint density at radius 3 is 2.68 bits per heavy atom. The minimum Gasteiger partial charge on any atom is -0.348 e. The maximum absolute atomic E-state index is 13.0. The standard InChI is InChI=1S/C19H22N4O2/c1-22(14-7-3-2-4-8-14)19(25)17-21-16(18(24)20-13-10-11-13)15-9-5-6-12-23(15)17/h2-4,7-8,13H,5-6,9-12H2,1H3,(H,20,24). The van der Waals surface area contributed by atoms with Gasteiger partial charge in [0.25, 0.3) is 11.8 Å². The molecule has 2 aromatic rings. The van der Waals surface area contributed by atoms with E-state index in [9.17, 15) is 9.59 Å². The van der Waals surface area contributed by atoms with Gasteiger partial charge in [0.2, 0.25) is 5.82 Å². The minimum absolute atomic E-state index is 0.144. The number of fused-ring (bicyclic) bond motifs is 1. The van der Waals surface area contributed by atoms with Gasteiger partial charge in [-0.1, -0.05) is 18.2 Å². The first-order valence-electron chi connectivity index (χ1n) is 8.88. The van der Waals surface area contributed by atoms with Crippen LogP contribution in [0.1, 0.15) is 52.5 Å². The molecule has 1 aromatic heterocycles. The number of nitrogens with one attached hydrogen (secondary N) is 1. The molecule has 0 unspecified atom stereocenters. The summed E-state index contributed by atoms with van der Waals surface area (Å²) < 4.78 is 1.94. The van der Waals surface area contributed by atoms with Crippen LogP contribution in [0.2, 0.25) is 0 Å². The fourth-order valence-corrected chi connectivity index (χ4v) is 3.29. The van der Waals surface area contributed by atoms with Crippen molar-refractivity contribution in [1.82, 2.24) is 14.9 Å². The Hall–Kier alpha value is -2.63. The molecule has 0 spiro atoms. The van der Waals surface area contributed by atoms with Crippen LogP contribution in [0.25, 0.3) is 0 Å². The molecule has 1 aromatic carbocycles. The topological polar surface area (TPSA) is 67.2 Å². The molecule has 1 N–H and O–H groups in total. The molecular formula is C19H22N4O2. The lowest BCUT2D eigenvalue weighted by atomic mass is 10.1. The maximum Gasteiger partial charge on any atom is 0.294 e. The summed E-state index contributed by atoms with van der Waals surface area (Å²) in [4.78, 5) is 31.6. The molecule has 0 radical (unpaired) electrons. The van der Waals surface area contributed by atoms with Crippen LogP contribution in [0.15, 0.2) is 30.3 Å². The Morgan fingerprint density at radius 1 is 1.20 bits per heavy atom. The van der Waals surface area contributed by atoms with Gasteiger partial charge in [0, 0.05) is 25.3 Å². The van der Waals surface area contributed by atoms with Crippen molar-refractivity contribution < 1.29 is 9.59 Å². The van der Waals surface area contributed by atoms with Gasteiger partial charge in [-0.3, -0.25) is 9.59 Å². The van der Waals surface area contributed by atoms with Crippen molar-refractivity contribution >= 4 is 17.5 Å². The van der Waals surface area contributed by atoms with Gasteiger partial charge in [-0.2, -0.15) is 0 Å². The van der Waals surface area contributed by atoms with Crippen LogP contribution in [0.4, 0.5) is 5.69 Å². The SMILES string of the molecule is CN(C(=O)c1nc(C(=O)NC2CC2)c2n1CCCC2)c1ccccc1. The second-order valence-electron chi connectivity index (χ2n) is 6.79. The fourth-order valence-electron chi connectivity index (χ4n) is 3.29. The Morgan fingerprint density at radius 2 is 1.96 bits per heavy atom. The molecule has 1 saturated carbocycles. The Labute approximate surface area is 146 Å². The summed E-state index contributed by atoms with van der Waals surface area (Å²) in [6, 6.07) is 9.76. The van der Waals surface area contributed by atoms with Crippen molar-refractivity contribution in [2.45, 2.75) is 44.7 Å². The lowest BCUT2D eigenvalue weighted by Crippen LogP contribution is -2.30. The monoisotopic (exact) mass is 338 g/mol. The highest BCUT2D eigenvalue weighted by Crippen LogP contribution is 2.25. The van der Waals surface area contributed by atoms with Gasteiger partial charge in [0.1, 0.15) is 5.69 Å². The summed E-state index contributed by atoms with van der Waals surface area (Å²) in [7, 11) is 1.74. The average molecular weight is 338 g/mol. The highest BCUT2D eigenvalue weighted by Gasteiger charge is 2.31. The minimum atomic E-state index is -0.181. The van der Waals surface area contributed by atoms with E-state index in [1.54, 1.807) is 11.9 Å². The normalized spacial score (nSPS) is 16.2. The maximum atomic E-state index is 13.0. The fraction of sp³-hybridized carbons (Fsp3) is 0.421. The third-order valence-electron chi connectivity index (χ3n) is 4.88. The van der Waals surface area contributed by atoms with Crippen molar-refractivity contribution in [3.8, 4) is 0 Å². The predicted molar refractivity (Wildman–Crippen MR) is 94.8 cm³/mol. The molecule has 2 heterocycles. The average Bonchev–Trinajstić information content (AvgIpc) is 3.38. The van der Waals surface area contributed by atoms with Crippen LogP contribution in [0, 0.1) is 0 Å². The van der Waals surface area contributed by atoms with Gasteiger partial charge in [0.15, 0.2) is 0 Å². The molecule has 2 amide bonds. The second-order valence-corrected chi connectivity index (χ2v) is 6.79. The number of rotatable bonds is 4. The molecular weight excluding hydrogens is 316 g/mol. The number of carbonyl (C=O) groups excluding carboxylic acids is 2. The van der Waals surface area contributed by atoms with E-state index >= 15 is 0 Å². The second kappa shape index (κ2) is 6.35. The zero-order chi connectivity index (χ0) is 17.4. The van der Waals surface area contributed by atoms with E-state index in [2.05, 4.69) is 10.3 Å². The molecule has 4 rings (SSSR count). The molecule has 1 fully saturated rings. The molecule has 6 nitrogen and oxygen atoms in total. The van der Waals surface area contributed by atoms with Crippen LogP contribution >= 0.6 is 0 Å². The highest BCUT2D eigenvalue weighted by atomic mass is 16.2. The number of amides is 2. The zero-order valence-electron chi connectivity index (χ0n) is 14.4. The summed E-state index contributed by atoms with van der Waals surface area (Å²) in [5, 5.41) is 2.99. The number of imidazole rings is 1. The van der Waals surface area contributed by atoms with E-state index in [1.165, 1.54) is 0 Å². The first-order chi connectivity index (χ1) is 12.1. The van der Waals surface area contributed by atoms with E-state index < -0.39 is 0 Å². The van der Waals surface area contributed by atoms with Gasteiger partial charge < -0.3 is 14.8 Å². The summed E-state index contributed by atoms with van der Waals surface area (Å²) in [6.07, 6.45) is 4.89. The number of anilines is 1. The van der Waals surface area contributed by atoms with Gasteiger partial charge in [-0.05, 0) is 44.2 Å². The first kappa shape index (κ1) is 15.9. The molecule has 2 aliphatic rings. The van der Waals surface area contributed by atoms with Crippen LogP contribution in [-0.4, -0.2) is 34.5 Å². The Balaban J connectivity index is 1.67. The Bertz CT molecular complexity index is 808. The lowest BCUT2D eigenvalue weighted by molar-refractivity contribution is 0.0945. The van der Waals surface area contributed by atoms with Crippen molar-refractivity contribution in [1.29, 1.82) is 0 Å². The quantitative estimate of drug-likeness (QED) is 0.931. The highest BCUT2D eigenvalue weighted by molar-refractivity contribution is 6.05. The number of hydrogen-bond donors (Lipinski definition) is 1. The predicted octanol–water partition coefficient (Wildman–Crippen LogP) is 2.39. The summed E-state index contributed by atoms with van der Waals surface area (Å²) in [5.41, 5.74) is 2.13. The molecule has 130 valence electrons. The van der Waals surface area contributed by atoms with Gasteiger partial charge in [0.05, 0.1) is 5.69 Å². The van der Waals surface area contributed by atoms with E-state index in [1.807, 2.05) is 34.9 Å². The third kappa shape index (κ3) is 3.04. The first-order valence-corrected chi connectivity index (χ1v) is 8.88. The van der Waals surface area contributed by atoms with Crippen LogP contribution < -0.4 is 10.2 Å². The van der Waals surface area contributed by atoms with Crippen LogP contribution in [0.3, 0.4) is 0 Å². The lowest BCUT2D eigenvalue weighted by Gasteiger charge is -2.20. The number of nitrogens with zero attached hydrogens (tertiary/aromatic N) is 3. The largest absolute Gasteiger partial charge is 0.348 e. The molecule has 1 aliphatic carbocycles. The summed E-state index contributed by atoms with van der Waals surface area (Å²) in [5.74, 6) is 0.0383. The van der Waals surface area contributed by atoms with Gasteiger partial charge in [-0.15, -0.1) is 0 Å². The Kier molecular flexibility index (Phi) is 4.03. The van der Waals surface area contributed by atoms with Gasteiger partial charge >= 0.3 is 0 Å². The molecule has 0 saturated heterocycles. The van der Waals surface area contributed by atoms with Crippen molar-refractivity contribution in [3.63, 3.8) is 0 Å². The summed E-state index contributed by atoms with van der Waals surface area (Å²) in [6.45, 7) is 0.739. The van der Waals surface area contributed by atoms with Crippen LogP contribution in [0.5, 0.6) is 0 Å². The van der Waals surface area contributed by atoms with E-state index in [0.717, 1.165) is 50.0 Å². The van der Waals surface area contributed by atoms with Crippen molar-refractivity contribution in [2.75, 3.05) is 11.9 Å².